The maximum atomic E-state index is 14.1. The van der Waals surface area contributed by atoms with Gasteiger partial charge in [0.1, 0.15) is 5.03 Å². The molecule has 0 saturated carbocycles. The van der Waals surface area contributed by atoms with Gasteiger partial charge in [-0.15, -0.1) is 0 Å². The molecule has 0 aliphatic heterocycles. The molecule has 0 radical (unpaired) electrons. The summed E-state index contributed by atoms with van der Waals surface area (Å²) in [4.78, 5) is 7.87. The lowest BCUT2D eigenvalue weighted by Crippen LogP contribution is -2.10. The Morgan fingerprint density at radius 1 is 1.25 bits per heavy atom. The minimum absolute atomic E-state index is 0.0386. The molecule has 3 aromatic rings. The Balaban J connectivity index is 2.23. The van der Waals surface area contributed by atoms with Crippen LogP contribution in [0.15, 0.2) is 65.0 Å². The van der Waals surface area contributed by atoms with Gasteiger partial charge in [0.25, 0.3) is 0 Å². The normalized spacial score (nSPS) is 11.6. The van der Waals surface area contributed by atoms with E-state index in [-0.39, 0.29) is 15.7 Å². The molecule has 0 aromatic carbocycles. The summed E-state index contributed by atoms with van der Waals surface area (Å²) in [5.41, 5.74) is 0.699. The minimum Gasteiger partial charge on any atom is -0.316 e. The molecule has 0 spiro atoms. The highest BCUT2D eigenvalue weighted by Crippen LogP contribution is 2.26. The number of nitrogens with zero attached hydrogens (tertiary/aromatic N) is 3. The van der Waals surface area contributed by atoms with Gasteiger partial charge in [-0.3, -0.25) is 9.55 Å². The van der Waals surface area contributed by atoms with Gasteiger partial charge in [0.05, 0.1) is 4.90 Å². The molecule has 0 amide bonds. The first-order valence-electron chi connectivity index (χ1n) is 7.16. The third-order valence-electron chi connectivity index (χ3n) is 3.41. The van der Waals surface area contributed by atoms with E-state index in [1.54, 1.807) is 13.2 Å². The maximum Gasteiger partial charge on any atom is 0.223 e. The average Bonchev–Trinajstić information content (AvgIpc) is 3.01. The van der Waals surface area contributed by atoms with E-state index >= 15 is 0 Å². The summed E-state index contributed by atoms with van der Waals surface area (Å²) in [7, 11) is -2.12. The Hall–Kier alpha value is -2.58. The van der Waals surface area contributed by atoms with E-state index in [0.717, 1.165) is 0 Å². The molecule has 3 aromatic heterocycles. The zero-order valence-corrected chi connectivity index (χ0v) is 13.7. The highest BCUT2D eigenvalue weighted by molar-refractivity contribution is 7.91. The first-order valence-corrected chi connectivity index (χ1v) is 8.64. The lowest BCUT2D eigenvalue weighted by Gasteiger charge is -2.09. The van der Waals surface area contributed by atoms with Gasteiger partial charge in [0.2, 0.25) is 9.84 Å². The molecule has 0 atom stereocenters. The summed E-state index contributed by atoms with van der Waals surface area (Å²) in [5.74, 6) is -0.672. The highest BCUT2D eigenvalue weighted by Gasteiger charge is 2.25. The molecule has 124 valence electrons. The van der Waals surface area contributed by atoms with Gasteiger partial charge in [-0.05, 0) is 42.9 Å². The zero-order chi connectivity index (χ0) is 17.2. The molecule has 1 N–H and O–H groups in total. The summed E-state index contributed by atoms with van der Waals surface area (Å²) in [6.07, 6.45) is 5.73. The first-order chi connectivity index (χ1) is 11.5. The summed E-state index contributed by atoms with van der Waals surface area (Å²) < 4.78 is 41.2. The fraction of sp³-hybridized carbons (Fsp3) is 0.125. The number of halogens is 1. The molecule has 0 saturated heterocycles. The van der Waals surface area contributed by atoms with Crippen molar-refractivity contribution < 1.29 is 12.8 Å². The van der Waals surface area contributed by atoms with Crippen LogP contribution in [0.1, 0.15) is 5.56 Å². The van der Waals surface area contributed by atoms with Crippen molar-refractivity contribution in [2.45, 2.75) is 16.5 Å². The molecule has 6 nitrogen and oxygen atoms in total. The monoisotopic (exact) mass is 346 g/mol. The molecule has 24 heavy (non-hydrogen) atoms. The fourth-order valence-electron chi connectivity index (χ4n) is 2.35. The van der Waals surface area contributed by atoms with E-state index in [0.29, 0.717) is 12.1 Å². The Kier molecular flexibility index (Phi) is 4.41. The number of rotatable bonds is 5. The van der Waals surface area contributed by atoms with Crippen LogP contribution in [0.4, 0.5) is 4.39 Å². The van der Waals surface area contributed by atoms with Crippen molar-refractivity contribution in [3.05, 3.63) is 66.5 Å². The molecular weight excluding hydrogens is 331 g/mol. The number of pyridine rings is 2. The Bertz CT molecular complexity index is 955. The molecule has 3 heterocycles. The third kappa shape index (κ3) is 2.93. The number of sulfone groups is 1. The van der Waals surface area contributed by atoms with Crippen molar-refractivity contribution in [1.82, 2.24) is 19.9 Å². The number of hydrogen-bond donors (Lipinski definition) is 1. The second kappa shape index (κ2) is 6.50. The predicted molar refractivity (Wildman–Crippen MR) is 86.0 cm³/mol. The quantitative estimate of drug-likeness (QED) is 0.764. The SMILES string of the molecule is CNCc1cc(S(=O)(=O)c2cccnc2)n(-c2ncccc2F)c1. The molecular formula is C16H15FN4O2S. The average molecular weight is 346 g/mol. The number of hydrogen-bond acceptors (Lipinski definition) is 5. The van der Waals surface area contributed by atoms with Crippen molar-refractivity contribution in [3.8, 4) is 5.82 Å². The van der Waals surface area contributed by atoms with Crippen LogP contribution < -0.4 is 5.32 Å². The van der Waals surface area contributed by atoms with Crippen molar-refractivity contribution >= 4 is 9.84 Å². The van der Waals surface area contributed by atoms with Gasteiger partial charge in [0.15, 0.2) is 11.6 Å². The van der Waals surface area contributed by atoms with E-state index in [1.807, 2.05) is 0 Å². The minimum atomic E-state index is -3.87. The smallest absolute Gasteiger partial charge is 0.223 e. The zero-order valence-electron chi connectivity index (χ0n) is 12.8. The van der Waals surface area contributed by atoms with E-state index in [4.69, 9.17) is 0 Å². The van der Waals surface area contributed by atoms with Crippen LogP contribution in [-0.2, 0) is 16.4 Å². The van der Waals surface area contributed by atoms with E-state index in [9.17, 15) is 12.8 Å². The van der Waals surface area contributed by atoms with Crippen LogP contribution in [-0.4, -0.2) is 30.0 Å². The van der Waals surface area contributed by atoms with E-state index in [1.165, 1.54) is 53.5 Å². The number of aromatic nitrogens is 3. The van der Waals surface area contributed by atoms with Gasteiger partial charge in [-0.25, -0.2) is 17.8 Å². The van der Waals surface area contributed by atoms with Crippen LogP contribution in [0.2, 0.25) is 0 Å². The van der Waals surface area contributed by atoms with Gasteiger partial charge in [0, 0.05) is 31.3 Å². The Labute approximate surface area is 138 Å². The lowest BCUT2D eigenvalue weighted by molar-refractivity contribution is 0.581. The standard InChI is InChI=1S/C16H15FN4O2S/c1-18-9-12-8-15(24(22,23)13-4-2-6-19-10-13)21(11-12)16-14(17)5-3-7-20-16/h2-8,10-11,18H,9H2,1H3. The molecule has 0 bridgehead atoms. The summed E-state index contributed by atoms with van der Waals surface area (Å²) in [6.45, 7) is 0.441. The molecule has 0 aliphatic carbocycles. The van der Waals surface area contributed by atoms with E-state index < -0.39 is 15.7 Å². The Morgan fingerprint density at radius 3 is 2.71 bits per heavy atom. The highest BCUT2D eigenvalue weighted by atomic mass is 32.2. The summed E-state index contributed by atoms with van der Waals surface area (Å²) in [5, 5.41) is 2.89. The van der Waals surface area contributed by atoms with Gasteiger partial charge in [-0.2, -0.15) is 0 Å². The number of nitrogens with one attached hydrogen (secondary N) is 1. The molecule has 0 unspecified atom stereocenters. The fourth-order valence-corrected chi connectivity index (χ4v) is 3.75. The summed E-state index contributed by atoms with van der Waals surface area (Å²) >= 11 is 0. The first kappa shape index (κ1) is 16.3. The topological polar surface area (TPSA) is 76.9 Å². The second-order valence-electron chi connectivity index (χ2n) is 5.09. The summed E-state index contributed by atoms with van der Waals surface area (Å²) in [6, 6.07) is 7.18. The van der Waals surface area contributed by atoms with Crippen LogP contribution >= 0.6 is 0 Å². The molecule has 0 fully saturated rings. The molecule has 3 rings (SSSR count). The van der Waals surface area contributed by atoms with Crippen LogP contribution in [0.3, 0.4) is 0 Å². The molecule has 0 aliphatic rings. The lowest BCUT2D eigenvalue weighted by atomic mass is 10.3. The maximum absolute atomic E-state index is 14.1. The van der Waals surface area contributed by atoms with Gasteiger partial charge >= 0.3 is 0 Å². The largest absolute Gasteiger partial charge is 0.316 e. The van der Waals surface area contributed by atoms with Crippen molar-refractivity contribution in [3.63, 3.8) is 0 Å². The van der Waals surface area contributed by atoms with Crippen molar-refractivity contribution in [2.24, 2.45) is 0 Å². The van der Waals surface area contributed by atoms with Gasteiger partial charge in [-0.1, -0.05) is 0 Å². The van der Waals surface area contributed by atoms with Crippen LogP contribution in [0.25, 0.3) is 5.82 Å². The van der Waals surface area contributed by atoms with Crippen molar-refractivity contribution in [1.29, 1.82) is 0 Å². The van der Waals surface area contributed by atoms with Crippen LogP contribution in [0, 0.1) is 5.82 Å². The second-order valence-corrected chi connectivity index (χ2v) is 6.98. The third-order valence-corrected chi connectivity index (χ3v) is 5.14. The predicted octanol–water partition coefficient (Wildman–Crippen LogP) is 1.96. The Morgan fingerprint density at radius 2 is 2.04 bits per heavy atom. The van der Waals surface area contributed by atoms with Crippen LogP contribution in [0.5, 0.6) is 0 Å². The van der Waals surface area contributed by atoms with Crippen molar-refractivity contribution in [2.75, 3.05) is 7.05 Å². The molecule has 8 heteroatoms. The van der Waals surface area contributed by atoms with E-state index in [2.05, 4.69) is 15.3 Å². The van der Waals surface area contributed by atoms with Gasteiger partial charge < -0.3 is 5.32 Å².